The lowest BCUT2D eigenvalue weighted by molar-refractivity contribution is -0.121. The molecule has 0 saturated carbocycles. The average molecular weight is 299 g/mol. The summed E-state index contributed by atoms with van der Waals surface area (Å²) < 4.78 is 0. The van der Waals surface area contributed by atoms with E-state index in [0.29, 0.717) is 10.6 Å². The molecule has 1 atom stereocenters. The van der Waals surface area contributed by atoms with Gasteiger partial charge in [0.2, 0.25) is 5.91 Å². The van der Waals surface area contributed by atoms with Crippen LogP contribution in [-0.4, -0.2) is 36.1 Å². The maximum atomic E-state index is 11.8. The van der Waals surface area contributed by atoms with Crippen molar-refractivity contribution in [3.63, 3.8) is 0 Å². The first-order chi connectivity index (χ1) is 9.45. The van der Waals surface area contributed by atoms with Crippen LogP contribution in [0.5, 0.6) is 0 Å². The van der Waals surface area contributed by atoms with Crippen molar-refractivity contribution in [1.82, 2.24) is 10.6 Å². The predicted octanol–water partition coefficient (Wildman–Crippen LogP) is 1.20. The number of aliphatic hydroxyl groups excluding tert-OH is 1. The Morgan fingerprint density at radius 3 is 2.50 bits per heavy atom. The van der Waals surface area contributed by atoms with Gasteiger partial charge in [0.25, 0.3) is 5.91 Å². The van der Waals surface area contributed by atoms with Gasteiger partial charge in [0.1, 0.15) is 0 Å². The van der Waals surface area contributed by atoms with Crippen LogP contribution >= 0.6 is 11.6 Å². The van der Waals surface area contributed by atoms with Crippen LogP contribution < -0.4 is 10.6 Å². The van der Waals surface area contributed by atoms with Crippen LogP contribution in [0.2, 0.25) is 5.02 Å². The van der Waals surface area contributed by atoms with Gasteiger partial charge in [-0.25, -0.2) is 0 Å². The summed E-state index contributed by atoms with van der Waals surface area (Å²) in [6.45, 7) is 3.49. The Morgan fingerprint density at radius 2 is 1.95 bits per heavy atom. The van der Waals surface area contributed by atoms with Gasteiger partial charge in [0, 0.05) is 0 Å². The van der Waals surface area contributed by atoms with Gasteiger partial charge in [-0.1, -0.05) is 37.6 Å². The quantitative estimate of drug-likeness (QED) is 0.738. The molecular weight excluding hydrogens is 280 g/mol. The highest BCUT2D eigenvalue weighted by atomic mass is 35.5. The fourth-order valence-corrected chi connectivity index (χ4v) is 1.80. The third-order valence-electron chi connectivity index (χ3n) is 2.88. The number of hydrogen-bond acceptors (Lipinski definition) is 3. The highest BCUT2D eigenvalue weighted by molar-refractivity contribution is 6.33. The monoisotopic (exact) mass is 298 g/mol. The smallest absolute Gasteiger partial charge is 0.253 e. The standard InChI is InChI=1S/C14H19ClN2O3/c1-9(2)12(8-18)17-13(19)7-16-14(20)10-5-3-4-6-11(10)15/h3-6,9,12,18H,7-8H2,1-2H3,(H,16,20)(H,17,19). The Bertz CT molecular complexity index is 477. The van der Waals surface area contributed by atoms with Gasteiger partial charge in [-0.2, -0.15) is 0 Å². The van der Waals surface area contributed by atoms with Crippen LogP contribution in [0.15, 0.2) is 24.3 Å². The Labute approximate surface area is 123 Å². The largest absolute Gasteiger partial charge is 0.394 e. The average Bonchev–Trinajstić information content (AvgIpc) is 2.42. The molecule has 0 aromatic heterocycles. The van der Waals surface area contributed by atoms with Crippen molar-refractivity contribution >= 4 is 23.4 Å². The highest BCUT2D eigenvalue weighted by Crippen LogP contribution is 2.14. The second kappa shape index (κ2) is 7.87. The van der Waals surface area contributed by atoms with Crippen molar-refractivity contribution in [3.05, 3.63) is 34.9 Å². The molecular formula is C14H19ClN2O3. The molecule has 6 heteroatoms. The van der Waals surface area contributed by atoms with Gasteiger partial charge in [0.05, 0.1) is 29.8 Å². The molecule has 20 heavy (non-hydrogen) atoms. The normalized spacial score (nSPS) is 12.1. The van der Waals surface area contributed by atoms with E-state index in [1.54, 1.807) is 24.3 Å². The van der Waals surface area contributed by atoms with Crippen LogP contribution in [-0.2, 0) is 4.79 Å². The molecule has 0 radical (unpaired) electrons. The van der Waals surface area contributed by atoms with Crippen LogP contribution in [0.25, 0.3) is 0 Å². The Balaban J connectivity index is 2.49. The summed E-state index contributed by atoms with van der Waals surface area (Å²) in [4.78, 5) is 23.5. The van der Waals surface area contributed by atoms with Crippen LogP contribution in [0.4, 0.5) is 0 Å². The molecule has 1 unspecified atom stereocenters. The van der Waals surface area contributed by atoms with Crippen molar-refractivity contribution in [3.8, 4) is 0 Å². The van der Waals surface area contributed by atoms with Crippen molar-refractivity contribution < 1.29 is 14.7 Å². The van der Waals surface area contributed by atoms with Gasteiger partial charge < -0.3 is 15.7 Å². The number of nitrogens with one attached hydrogen (secondary N) is 2. The molecule has 2 amide bonds. The number of hydrogen-bond donors (Lipinski definition) is 3. The topological polar surface area (TPSA) is 78.4 Å². The molecule has 0 aliphatic carbocycles. The zero-order chi connectivity index (χ0) is 15.1. The minimum absolute atomic E-state index is 0.114. The highest BCUT2D eigenvalue weighted by Gasteiger charge is 2.16. The number of benzene rings is 1. The third kappa shape index (κ3) is 4.83. The summed E-state index contributed by atoms with van der Waals surface area (Å²) in [5.41, 5.74) is 0.324. The fraction of sp³-hybridized carbons (Fsp3) is 0.429. The maximum Gasteiger partial charge on any atom is 0.253 e. The van der Waals surface area contributed by atoms with Gasteiger partial charge in [-0.3, -0.25) is 9.59 Å². The minimum atomic E-state index is -0.407. The van der Waals surface area contributed by atoms with E-state index in [4.69, 9.17) is 16.7 Å². The van der Waals surface area contributed by atoms with Crippen LogP contribution in [0.3, 0.4) is 0 Å². The van der Waals surface area contributed by atoms with E-state index in [1.807, 2.05) is 13.8 Å². The van der Waals surface area contributed by atoms with Crippen molar-refractivity contribution in [2.75, 3.05) is 13.2 Å². The molecule has 0 saturated heterocycles. The molecule has 0 spiro atoms. The second-order valence-electron chi connectivity index (χ2n) is 4.76. The van der Waals surface area contributed by atoms with Gasteiger partial charge in [-0.05, 0) is 18.1 Å². The number of rotatable bonds is 6. The number of carbonyl (C=O) groups is 2. The maximum absolute atomic E-state index is 11.8. The first-order valence-corrected chi connectivity index (χ1v) is 6.76. The predicted molar refractivity (Wildman–Crippen MR) is 77.6 cm³/mol. The van der Waals surface area contributed by atoms with Crippen molar-refractivity contribution in [2.45, 2.75) is 19.9 Å². The lowest BCUT2D eigenvalue weighted by atomic mass is 10.1. The van der Waals surface area contributed by atoms with Crippen molar-refractivity contribution in [1.29, 1.82) is 0 Å². The molecule has 3 N–H and O–H groups in total. The summed E-state index contributed by atoms with van der Waals surface area (Å²) in [7, 11) is 0. The Kier molecular flexibility index (Phi) is 6.48. The van der Waals surface area contributed by atoms with E-state index in [2.05, 4.69) is 10.6 Å². The molecule has 0 aliphatic heterocycles. The fourth-order valence-electron chi connectivity index (χ4n) is 1.58. The molecule has 1 aromatic carbocycles. The molecule has 5 nitrogen and oxygen atoms in total. The number of carbonyl (C=O) groups excluding carboxylic acids is 2. The Morgan fingerprint density at radius 1 is 1.30 bits per heavy atom. The number of halogens is 1. The van der Waals surface area contributed by atoms with E-state index in [0.717, 1.165) is 0 Å². The summed E-state index contributed by atoms with van der Waals surface area (Å²) in [5.74, 6) is -0.641. The number of aliphatic hydroxyl groups is 1. The lowest BCUT2D eigenvalue weighted by Gasteiger charge is -2.19. The summed E-state index contributed by atoms with van der Waals surface area (Å²) in [6, 6.07) is 6.29. The van der Waals surface area contributed by atoms with E-state index in [1.165, 1.54) is 0 Å². The SMILES string of the molecule is CC(C)C(CO)NC(=O)CNC(=O)c1ccccc1Cl. The van der Waals surface area contributed by atoms with Gasteiger partial charge in [-0.15, -0.1) is 0 Å². The lowest BCUT2D eigenvalue weighted by Crippen LogP contribution is -2.45. The van der Waals surface area contributed by atoms with E-state index < -0.39 is 5.91 Å². The van der Waals surface area contributed by atoms with E-state index in [-0.39, 0.29) is 31.0 Å². The molecule has 1 rings (SSSR count). The molecule has 110 valence electrons. The van der Waals surface area contributed by atoms with Crippen molar-refractivity contribution in [2.24, 2.45) is 5.92 Å². The van der Waals surface area contributed by atoms with E-state index in [9.17, 15) is 9.59 Å². The minimum Gasteiger partial charge on any atom is -0.394 e. The summed E-state index contributed by atoms with van der Waals surface area (Å²) >= 11 is 5.89. The molecule has 0 bridgehead atoms. The third-order valence-corrected chi connectivity index (χ3v) is 3.21. The second-order valence-corrected chi connectivity index (χ2v) is 5.17. The van der Waals surface area contributed by atoms with E-state index >= 15 is 0 Å². The molecule has 0 aliphatic rings. The van der Waals surface area contributed by atoms with Crippen LogP contribution in [0.1, 0.15) is 24.2 Å². The summed E-state index contributed by atoms with van der Waals surface area (Å²) in [5, 5.41) is 14.6. The zero-order valence-corrected chi connectivity index (χ0v) is 12.3. The number of amides is 2. The first kappa shape index (κ1) is 16.5. The van der Waals surface area contributed by atoms with Crippen LogP contribution in [0, 0.1) is 5.92 Å². The molecule has 0 heterocycles. The summed E-state index contributed by atoms with van der Waals surface area (Å²) in [6.07, 6.45) is 0. The Hall–Kier alpha value is -1.59. The van der Waals surface area contributed by atoms with Gasteiger partial charge in [0.15, 0.2) is 0 Å². The van der Waals surface area contributed by atoms with Gasteiger partial charge >= 0.3 is 0 Å². The molecule has 0 fully saturated rings. The zero-order valence-electron chi connectivity index (χ0n) is 11.5. The first-order valence-electron chi connectivity index (χ1n) is 6.38. The molecule has 1 aromatic rings.